The van der Waals surface area contributed by atoms with Gasteiger partial charge in [0.05, 0.1) is 5.69 Å². The lowest BCUT2D eigenvalue weighted by atomic mass is 10.1. The third kappa shape index (κ3) is 3.13. The molecule has 9 heteroatoms. The molecule has 0 spiro atoms. The largest absolute Gasteiger partial charge is 0.465 e. The van der Waals surface area contributed by atoms with E-state index in [9.17, 15) is 9.18 Å². The van der Waals surface area contributed by atoms with E-state index >= 15 is 0 Å². The van der Waals surface area contributed by atoms with Crippen LogP contribution in [0.4, 0.5) is 9.18 Å². The molecule has 0 aliphatic carbocycles. The molecule has 0 saturated carbocycles. The molecule has 8 nitrogen and oxygen atoms in total. The SMILES string of the molecule is CC(C)c1nn(-c2noc(C[C@H]3CCN(C(=O)O)C3)n2)c2c(F)cccc12. The number of amides is 1. The highest BCUT2D eigenvalue weighted by Gasteiger charge is 2.28. The topological polar surface area (TPSA) is 97.3 Å². The molecule has 27 heavy (non-hydrogen) atoms. The molecule has 1 saturated heterocycles. The second kappa shape index (κ2) is 6.64. The van der Waals surface area contributed by atoms with E-state index in [1.165, 1.54) is 15.6 Å². The smallest absolute Gasteiger partial charge is 0.407 e. The number of rotatable bonds is 4. The fourth-order valence-corrected chi connectivity index (χ4v) is 3.55. The van der Waals surface area contributed by atoms with Crippen LogP contribution in [0.3, 0.4) is 0 Å². The van der Waals surface area contributed by atoms with E-state index in [4.69, 9.17) is 9.63 Å². The third-order valence-corrected chi connectivity index (χ3v) is 4.90. The van der Waals surface area contributed by atoms with Gasteiger partial charge in [0.15, 0.2) is 0 Å². The lowest BCUT2D eigenvalue weighted by Gasteiger charge is -2.10. The maximum Gasteiger partial charge on any atom is 0.407 e. The summed E-state index contributed by atoms with van der Waals surface area (Å²) in [6.45, 7) is 4.94. The van der Waals surface area contributed by atoms with Gasteiger partial charge in [0, 0.05) is 24.9 Å². The highest BCUT2D eigenvalue weighted by molar-refractivity contribution is 5.84. The number of benzene rings is 1. The number of carboxylic acid groups (broad SMARTS) is 1. The number of hydrogen-bond donors (Lipinski definition) is 1. The number of halogens is 1. The summed E-state index contributed by atoms with van der Waals surface area (Å²) in [5.41, 5.74) is 1.09. The molecule has 1 aliphatic heterocycles. The van der Waals surface area contributed by atoms with E-state index in [1.54, 1.807) is 6.07 Å². The number of para-hydroxylation sites is 1. The fraction of sp³-hybridized carbons (Fsp3) is 0.444. The Labute approximate surface area is 154 Å². The van der Waals surface area contributed by atoms with Crippen molar-refractivity contribution in [3.63, 3.8) is 0 Å². The van der Waals surface area contributed by atoms with Crippen LogP contribution in [0.1, 0.15) is 37.8 Å². The number of hydrogen-bond acceptors (Lipinski definition) is 5. The van der Waals surface area contributed by atoms with Crippen molar-refractivity contribution in [1.29, 1.82) is 0 Å². The fourth-order valence-electron chi connectivity index (χ4n) is 3.55. The first kappa shape index (κ1) is 17.4. The molecule has 142 valence electrons. The summed E-state index contributed by atoms with van der Waals surface area (Å²) < 4.78 is 21.2. The molecule has 1 N–H and O–H groups in total. The number of nitrogens with zero attached hydrogens (tertiary/aromatic N) is 5. The molecule has 2 aromatic heterocycles. The lowest BCUT2D eigenvalue weighted by Crippen LogP contribution is -2.26. The van der Waals surface area contributed by atoms with Crippen LogP contribution in [0, 0.1) is 11.7 Å². The van der Waals surface area contributed by atoms with E-state index in [2.05, 4.69) is 15.2 Å². The molecule has 0 unspecified atom stereocenters. The predicted molar refractivity (Wildman–Crippen MR) is 94.4 cm³/mol. The quantitative estimate of drug-likeness (QED) is 0.754. The van der Waals surface area contributed by atoms with Crippen molar-refractivity contribution in [3.8, 4) is 5.95 Å². The highest BCUT2D eigenvalue weighted by atomic mass is 19.1. The van der Waals surface area contributed by atoms with Crippen LogP contribution >= 0.6 is 0 Å². The summed E-state index contributed by atoms with van der Waals surface area (Å²) in [4.78, 5) is 16.8. The van der Waals surface area contributed by atoms with Crippen LogP contribution in [0.25, 0.3) is 16.9 Å². The third-order valence-electron chi connectivity index (χ3n) is 4.90. The highest BCUT2D eigenvalue weighted by Crippen LogP contribution is 2.28. The Morgan fingerprint density at radius 1 is 1.44 bits per heavy atom. The Kier molecular flexibility index (Phi) is 4.29. The van der Waals surface area contributed by atoms with E-state index in [0.717, 1.165) is 17.5 Å². The molecule has 0 radical (unpaired) electrons. The maximum atomic E-state index is 14.5. The van der Waals surface area contributed by atoms with Crippen LogP contribution in [-0.4, -0.2) is 49.1 Å². The van der Waals surface area contributed by atoms with Crippen molar-refractivity contribution >= 4 is 17.0 Å². The van der Waals surface area contributed by atoms with Crippen molar-refractivity contribution < 1.29 is 18.8 Å². The van der Waals surface area contributed by atoms with Crippen LogP contribution in [0.15, 0.2) is 22.7 Å². The second-order valence-corrected chi connectivity index (χ2v) is 7.16. The number of carbonyl (C=O) groups is 1. The Balaban J connectivity index is 1.63. The van der Waals surface area contributed by atoms with Crippen molar-refractivity contribution in [2.75, 3.05) is 13.1 Å². The molecular formula is C18H20FN5O3. The van der Waals surface area contributed by atoms with Crippen molar-refractivity contribution in [2.24, 2.45) is 5.92 Å². The van der Waals surface area contributed by atoms with Gasteiger partial charge < -0.3 is 14.5 Å². The average Bonchev–Trinajstić information content (AvgIpc) is 3.33. The molecule has 3 heterocycles. The minimum absolute atomic E-state index is 0.113. The first-order chi connectivity index (χ1) is 12.9. The van der Waals surface area contributed by atoms with Crippen LogP contribution in [-0.2, 0) is 6.42 Å². The summed E-state index contributed by atoms with van der Waals surface area (Å²) in [5, 5.41) is 18.2. The van der Waals surface area contributed by atoms with Gasteiger partial charge in [0.1, 0.15) is 11.3 Å². The van der Waals surface area contributed by atoms with Gasteiger partial charge in [-0.15, -0.1) is 0 Å². The zero-order valence-corrected chi connectivity index (χ0v) is 15.1. The molecule has 0 bridgehead atoms. The molecule has 1 amide bonds. The summed E-state index contributed by atoms with van der Waals surface area (Å²) in [6, 6.07) is 4.87. The summed E-state index contributed by atoms with van der Waals surface area (Å²) in [6.07, 6.45) is 0.319. The summed E-state index contributed by atoms with van der Waals surface area (Å²) in [5.74, 6) is 0.425. The maximum absolute atomic E-state index is 14.5. The summed E-state index contributed by atoms with van der Waals surface area (Å²) in [7, 11) is 0. The first-order valence-corrected chi connectivity index (χ1v) is 8.92. The van der Waals surface area contributed by atoms with Gasteiger partial charge in [-0.2, -0.15) is 14.8 Å². The molecule has 4 rings (SSSR count). The monoisotopic (exact) mass is 373 g/mol. The predicted octanol–water partition coefficient (Wildman–Crippen LogP) is 3.21. The minimum atomic E-state index is -0.914. The molecule has 3 aromatic rings. The zero-order valence-electron chi connectivity index (χ0n) is 15.1. The van der Waals surface area contributed by atoms with Gasteiger partial charge in [-0.25, -0.2) is 9.18 Å². The van der Waals surface area contributed by atoms with Gasteiger partial charge in [-0.3, -0.25) is 0 Å². The van der Waals surface area contributed by atoms with Gasteiger partial charge in [-0.1, -0.05) is 26.0 Å². The lowest BCUT2D eigenvalue weighted by molar-refractivity contribution is 0.154. The number of likely N-dealkylation sites (tertiary alicyclic amines) is 1. The average molecular weight is 373 g/mol. The Bertz CT molecular complexity index is 996. The van der Waals surface area contributed by atoms with E-state index in [1.807, 2.05) is 19.9 Å². The Hall–Kier alpha value is -2.97. The molecule has 1 aliphatic rings. The molecule has 1 aromatic carbocycles. The van der Waals surface area contributed by atoms with Gasteiger partial charge >= 0.3 is 6.09 Å². The van der Waals surface area contributed by atoms with Crippen molar-refractivity contribution in [1.82, 2.24) is 24.8 Å². The first-order valence-electron chi connectivity index (χ1n) is 8.92. The van der Waals surface area contributed by atoms with Crippen molar-refractivity contribution in [3.05, 3.63) is 35.6 Å². The number of fused-ring (bicyclic) bond motifs is 1. The van der Waals surface area contributed by atoms with E-state index < -0.39 is 11.9 Å². The van der Waals surface area contributed by atoms with Gasteiger partial charge in [-0.05, 0) is 29.5 Å². The molecule has 1 fully saturated rings. The standard InChI is InChI=1S/C18H20FN5O3/c1-10(2)15-12-4-3-5-13(19)16(12)24(21-15)17-20-14(27-22-17)8-11-6-7-23(9-11)18(25)26/h3-5,10-11H,6-9H2,1-2H3,(H,25,26)/t11-/m1/s1. The molecule has 1 atom stereocenters. The Morgan fingerprint density at radius 2 is 2.26 bits per heavy atom. The van der Waals surface area contributed by atoms with E-state index in [0.29, 0.717) is 30.9 Å². The van der Waals surface area contributed by atoms with Crippen LogP contribution in [0.2, 0.25) is 0 Å². The van der Waals surface area contributed by atoms with Crippen molar-refractivity contribution in [2.45, 2.75) is 32.6 Å². The number of aromatic nitrogens is 4. The minimum Gasteiger partial charge on any atom is -0.465 e. The van der Waals surface area contributed by atoms with Crippen LogP contribution < -0.4 is 0 Å². The second-order valence-electron chi connectivity index (χ2n) is 7.16. The van der Waals surface area contributed by atoms with Gasteiger partial charge in [0.2, 0.25) is 5.89 Å². The molecular weight excluding hydrogens is 353 g/mol. The van der Waals surface area contributed by atoms with Gasteiger partial charge in [0.25, 0.3) is 5.95 Å². The van der Waals surface area contributed by atoms with Crippen LogP contribution in [0.5, 0.6) is 0 Å². The van der Waals surface area contributed by atoms with E-state index in [-0.39, 0.29) is 17.8 Å². The zero-order chi connectivity index (χ0) is 19.1. The summed E-state index contributed by atoms with van der Waals surface area (Å²) >= 11 is 0. The Morgan fingerprint density at radius 3 is 2.96 bits per heavy atom. The normalized spacial score (nSPS) is 17.3.